The van der Waals surface area contributed by atoms with Crippen LogP contribution in [0.25, 0.3) is 0 Å². The number of hydrogen-bond acceptors (Lipinski definition) is 3. The van der Waals surface area contributed by atoms with Crippen LogP contribution in [0.5, 0.6) is 0 Å². The first-order valence-corrected chi connectivity index (χ1v) is 7.49. The van der Waals surface area contributed by atoms with Gasteiger partial charge in [0, 0.05) is 11.9 Å². The first kappa shape index (κ1) is 14.9. The predicted octanol–water partition coefficient (Wildman–Crippen LogP) is 4.22. The second-order valence-corrected chi connectivity index (χ2v) is 5.75. The topological polar surface area (TPSA) is 50.2 Å². The third kappa shape index (κ3) is 3.74. The molecule has 0 aliphatic heterocycles. The zero-order valence-electron chi connectivity index (χ0n) is 10.9. The van der Waals surface area contributed by atoms with Gasteiger partial charge in [-0.05, 0) is 30.2 Å². The molecule has 5 heteroatoms. The molecular weight excluding hydrogens is 294 g/mol. The summed E-state index contributed by atoms with van der Waals surface area (Å²) in [5.41, 5.74) is 1.92. The van der Waals surface area contributed by atoms with E-state index in [-0.39, 0.29) is 0 Å². The van der Waals surface area contributed by atoms with E-state index in [1.807, 2.05) is 30.3 Å². The van der Waals surface area contributed by atoms with Gasteiger partial charge in [0.15, 0.2) is 0 Å². The van der Waals surface area contributed by atoms with E-state index < -0.39 is 11.9 Å². The van der Waals surface area contributed by atoms with E-state index in [1.54, 1.807) is 30.9 Å². The van der Waals surface area contributed by atoms with E-state index in [0.717, 1.165) is 21.9 Å². The highest BCUT2D eigenvalue weighted by molar-refractivity contribution is 7.98. The van der Waals surface area contributed by atoms with Crippen molar-refractivity contribution in [2.45, 2.75) is 23.6 Å². The van der Waals surface area contributed by atoms with Gasteiger partial charge in [-0.25, -0.2) is 4.98 Å². The van der Waals surface area contributed by atoms with Crippen molar-refractivity contribution in [1.29, 1.82) is 0 Å². The lowest BCUT2D eigenvalue weighted by Gasteiger charge is -2.08. The van der Waals surface area contributed by atoms with Crippen molar-refractivity contribution in [3.63, 3.8) is 0 Å². The van der Waals surface area contributed by atoms with Gasteiger partial charge in [-0.15, -0.1) is 11.8 Å². The molecule has 1 aromatic heterocycles. The number of hydrogen-bond donors (Lipinski definition) is 1. The zero-order valence-corrected chi connectivity index (χ0v) is 12.5. The van der Waals surface area contributed by atoms with Gasteiger partial charge in [-0.1, -0.05) is 35.9 Å². The molecule has 104 valence electrons. The van der Waals surface area contributed by atoms with E-state index in [4.69, 9.17) is 16.7 Å². The van der Waals surface area contributed by atoms with Gasteiger partial charge in [0.05, 0.1) is 10.9 Å². The average Bonchev–Trinajstić information content (AvgIpc) is 2.46. The monoisotopic (exact) mass is 307 g/mol. The highest BCUT2D eigenvalue weighted by Gasteiger charge is 2.13. The van der Waals surface area contributed by atoms with Crippen molar-refractivity contribution in [1.82, 2.24) is 4.98 Å². The molecule has 0 aliphatic rings. The lowest BCUT2D eigenvalue weighted by atomic mass is 10.0. The number of carboxylic acid groups (broad SMARTS) is 1. The van der Waals surface area contributed by atoms with Gasteiger partial charge in [0.2, 0.25) is 0 Å². The van der Waals surface area contributed by atoms with Crippen molar-refractivity contribution in [3.05, 3.63) is 58.7 Å². The first-order chi connectivity index (χ1) is 9.58. The summed E-state index contributed by atoms with van der Waals surface area (Å²) < 4.78 is 0. The molecule has 20 heavy (non-hydrogen) atoms. The maximum atomic E-state index is 10.9. The number of nitrogens with zero attached hydrogens (tertiary/aromatic N) is 1. The molecule has 1 N–H and O–H groups in total. The summed E-state index contributed by atoms with van der Waals surface area (Å²) in [7, 11) is 0. The summed E-state index contributed by atoms with van der Waals surface area (Å²) in [6.07, 6.45) is 1.71. The number of rotatable bonds is 5. The summed E-state index contributed by atoms with van der Waals surface area (Å²) in [4.78, 5) is 15.1. The predicted molar refractivity (Wildman–Crippen MR) is 81.3 cm³/mol. The van der Waals surface area contributed by atoms with E-state index in [9.17, 15) is 4.79 Å². The number of pyridine rings is 1. The molecule has 3 nitrogen and oxygen atoms in total. The lowest BCUT2D eigenvalue weighted by molar-refractivity contribution is -0.138. The Hall–Kier alpha value is -1.52. The Morgan fingerprint density at radius 2 is 2.05 bits per heavy atom. The standard InChI is InChI=1S/C15H14ClNO2S/c1-10(15(18)19)12-6-4-11(5-7-12)9-20-14-13(16)3-2-8-17-14/h2-8,10H,9H2,1H3,(H,18,19). The van der Waals surface area contributed by atoms with Crippen LogP contribution in [0.2, 0.25) is 5.02 Å². The molecule has 0 radical (unpaired) electrons. The van der Waals surface area contributed by atoms with Crippen LogP contribution in [0, 0.1) is 0 Å². The molecule has 2 aromatic rings. The molecule has 0 amide bonds. The van der Waals surface area contributed by atoms with Crippen molar-refractivity contribution in [2.75, 3.05) is 0 Å². The molecule has 1 aromatic carbocycles. The molecule has 2 rings (SSSR count). The van der Waals surface area contributed by atoms with E-state index in [0.29, 0.717) is 5.02 Å². The van der Waals surface area contributed by atoms with Gasteiger partial charge in [0.1, 0.15) is 5.03 Å². The highest BCUT2D eigenvalue weighted by Crippen LogP contribution is 2.27. The average molecular weight is 308 g/mol. The quantitative estimate of drug-likeness (QED) is 0.840. The number of carbonyl (C=O) groups is 1. The van der Waals surface area contributed by atoms with Crippen LogP contribution >= 0.6 is 23.4 Å². The molecule has 1 atom stereocenters. The Morgan fingerprint density at radius 1 is 1.35 bits per heavy atom. The van der Waals surface area contributed by atoms with Gasteiger partial charge < -0.3 is 5.11 Å². The SMILES string of the molecule is CC(C(=O)O)c1ccc(CSc2ncccc2Cl)cc1. The van der Waals surface area contributed by atoms with Crippen LogP contribution in [0.3, 0.4) is 0 Å². The number of aliphatic carboxylic acids is 1. The third-order valence-corrected chi connectivity index (χ3v) is 4.44. The first-order valence-electron chi connectivity index (χ1n) is 6.13. The smallest absolute Gasteiger partial charge is 0.310 e. The van der Waals surface area contributed by atoms with Crippen molar-refractivity contribution in [2.24, 2.45) is 0 Å². The molecular formula is C15H14ClNO2S. The van der Waals surface area contributed by atoms with Gasteiger partial charge in [-0.2, -0.15) is 0 Å². The minimum absolute atomic E-state index is 0.484. The Morgan fingerprint density at radius 3 is 2.65 bits per heavy atom. The zero-order chi connectivity index (χ0) is 14.5. The Kier molecular flexibility index (Phi) is 5.04. The third-order valence-electron chi connectivity index (χ3n) is 2.95. The van der Waals surface area contributed by atoms with E-state index in [2.05, 4.69) is 4.98 Å². The normalized spacial score (nSPS) is 12.1. The summed E-state index contributed by atoms with van der Waals surface area (Å²) in [5.74, 6) is -0.548. The molecule has 0 fully saturated rings. The number of halogens is 1. The molecule has 0 bridgehead atoms. The van der Waals surface area contributed by atoms with Gasteiger partial charge in [-0.3, -0.25) is 4.79 Å². The van der Waals surface area contributed by atoms with Crippen LogP contribution in [-0.2, 0) is 10.5 Å². The minimum atomic E-state index is -0.813. The van der Waals surface area contributed by atoms with E-state index >= 15 is 0 Å². The fourth-order valence-corrected chi connectivity index (χ4v) is 2.80. The van der Waals surface area contributed by atoms with Crippen molar-refractivity contribution < 1.29 is 9.90 Å². The van der Waals surface area contributed by atoms with Crippen LogP contribution < -0.4 is 0 Å². The molecule has 0 saturated heterocycles. The number of thioether (sulfide) groups is 1. The summed E-state index contributed by atoms with van der Waals surface area (Å²) >= 11 is 7.60. The summed E-state index contributed by atoms with van der Waals surface area (Å²) in [5, 5.41) is 10.4. The maximum Gasteiger partial charge on any atom is 0.310 e. The second kappa shape index (κ2) is 6.77. The van der Waals surface area contributed by atoms with Crippen molar-refractivity contribution in [3.8, 4) is 0 Å². The van der Waals surface area contributed by atoms with Gasteiger partial charge in [0.25, 0.3) is 0 Å². The number of carboxylic acids is 1. The number of aromatic nitrogens is 1. The highest BCUT2D eigenvalue weighted by atomic mass is 35.5. The summed E-state index contributed by atoms with van der Waals surface area (Å²) in [6.45, 7) is 1.68. The minimum Gasteiger partial charge on any atom is -0.481 e. The maximum absolute atomic E-state index is 10.9. The van der Waals surface area contributed by atoms with Gasteiger partial charge >= 0.3 is 5.97 Å². The van der Waals surface area contributed by atoms with E-state index in [1.165, 1.54) is 0 Å². The fourth-order valence-electron chi connectivity index (χ4n) is 1.67. The fraction of sp³-hybridized carbons (Fsp3) is 0.200. The molecule has 1 heterocycles. The summed E-state index contributed by atoms with van der Waals surface area (Å²) in [6, 6.07) is 11.2. The Bertz CT molecular complexity index is 601. The van der Waals surface area contributed by atoms with Crippen LogP contribution in [0.4, 0.5) is 0 Å². The van der Waals surface area contributed by atoms with Crippen LogP contribution in [0.1, 0.15) is 24.0 Å². The Labute approximate surface area is 127 Å². The molecule has 1 unspecified atom stereocenters. The van der Waals surface area contributed by atoms with Crippen LogP contribution in [0.15, 0.2) is 47.6 Å². The molecule has 0 aliphatic carbocycles. The van der Waals surface area contributed by atoms with Crippen molar-refractivity contribution >= 4 is 29.3 Å². The molecule has 0 spiro atoms. The lowest BCUT2D eigenvalue weighted by Crippen LogP contribution is -2.07. The largest absolute Gasteiger partial charge is 0.481 e. The van der Waals surface area contributed by atoms with Crippen LogP contribution in [-0.4, -0.2) is 16.1 Å². The number of benzene rings is 1. The molecule has 0 saturated carbocycles. The second-order valence-electron chi connectivity index (χ2n) is 4.38. The Balaban J connectivity index is 2.01.